The van der Waals surface area contributed by atoms with Crippen LogP contribution < -0.4 is 4.90 Å². The van der Waals surface area contributed by atoms with Crippen molar-refractivity contribution in [3.05, 3.63) is 164 Å². The summed E-state index contributed by atoms with van der Waals surface area (Å²) in [4.78, 5) is 2.39. The largest absolute Gasteiger partial charge is 0.455 e. The normalized spacial score (nSPS) is 12.0. The van der Waals surface area contributed by atoms with E-state index in [1.165, 1.54) is 31.3 Å². The van der Waals surface area contributed by atoms with E-state index in [1.54, 1.807) is 0 Å². The highest BCUT2D eigenvalue weighted by atomic mass is 32.1. The summed E-state index contributed by atoms with van der Waals surface area (Å²) in [6.45, 7) is 0. The van der Waals surface area contributed by atoms with Crippen molar-refractivity contribution in [2.24, 2.45) is 0 Å². The minimum atomic E-state index is 0.863. The molecule has 11 aromatic rings. The van der Waals surface area contributed by atoms with Gasteiger partial charge in [-0.15, -0.1) is 11.3 Å². The lowest BCUT2D eigenvalue weighted by Gasteiger charge is -2.26. The summed E-state index contributed by atoms with van der Waals surface area (Å²) in [5.74, 6) is 0. The molecule has 0 spiro atoms. The van der Waals surface area contributed by atoms with Gasteiger partial charge in [-0.25, -0.2) is 0 Å². The summed E-state index contributed by atoms with van der Waals surface area (Å²) in [5, 5.41) is 9.11. The molecule has 0 unspecified atom stereocenters. The first-order valence-corrected chi connectivity index (χ1v) is 17.7. The van der Waals surface area contributed by atoms with Gasteiger partial charge in [0, 0.05) is 59.8 Å². The molecule has 234 valence electrons. The van der Waals surface area contributed by atoms with Crippen molar-refractivity contribution in [1.29, 1.82) is 0 Å². The third-order valence-corrected chi connectivity index (χ3v) is 11.2. The van der Waals surface area contributed by atoms with Crippen LogP contribution in [0.25, 0.3) is 85.9 Å². The van der Waals surface area contributed by atoms with Crippen molar-refractivity contribution in [3.63, 3.8) is 0 Å². The molecule has 0 aliphatic heterocycles. The minimum Gasteiger partial charge on any atom is -0.455 e. The molecule has 0 amide bonds. The first kappa shape index (κ1) is 27.6. The quantitative estimate of drug-likeness (QED) is 0.189. The molecule has 0 aliphatic rings. The van der Waals surface area contributed by atoms with Crippen LogP contribution in [-0.4, -0.2) is 0 Å². The zero-order valence-electron chi connectivity index (χ0n) is 26.8. The Bertz CT molecular complexity index is 3090. The fourth-order valence-electron chi connectivity index (χ4n) is 7.71. The molecule has 0 N–H and O–H groups in total. The van der Waals surface area contributed by atoms with E-state index >= 15 is 0 Å². The van der Waals surface area contributed by atoms with Crippen LogP contribution in [0.2, 0.25) is 0 Å². The molecule has 0 atom stereocenters. The molecule has 0 fully saturated rings. The lowest BCUT2D eigenvalue weighted by Crippen LogP contribution is -2.10. The lowest BCUT2D eigenvalue weighted by atomic mass is 10.0. The number of hydrogen-bond acceptors (Lipinski definition) is 4. The average Bonchev–Trinajstić information content (AvgIpc) is 3.87. The van der Waals surface area contributed by atoms with Crippen LogP contribution in [0, 0.1) is 0 Å². The van der Waals surface area contributed by atoms with E-state index in [4.69, 9.17) is 8.83 Å². The Morgan fingerprint density at radius 1 is 0.420 bits per heavy atom. The predicted octanol–water partition coefficient (Wildman–Crippen LogP) is 14.1. The molecule has 3 heterocycles. The molecule has 3 aromatic heterocycles. The number of anilines is 3. The monoisotopic (exact) mass is 657 g/mol. The maximum atomic E-state index is 6.72. The number of benzene rings is 8. The van der Waals surface area contributed by atoms with E-state index in [0.717, 1.165) is 71.7 Å². The van der Waals surface area contributed by atoms with Crippen molar-refractivity contribution in [3.8, 4) is 11.1 Å². The van der Waals surface area contributed by atoms with Crippen molar-refractivity contribution >= 4 is 103 Å². The number of thiophene rings is 1. The fourth-order valence-corrected chi connectivity index (χ4v) is 8.91. The molecule has 0 aliphatic carbocycles. The number of rotatable bonds is 4. The Hall–Kier alpha value is -6.36. The second-order valence-electron chi connectivity index (χ2n) is 12.9. The van der Waals surface area contributed by atoms with Gasteiger partial charge in [0.2, 0.25) is 0 Å². The van der Waals surface area contributed by atoms with Gasteiger partial charge in [-0.3, -0.25) is 0 Å². The SMILES string of the molecule is c1ccc(-c2ccc(N(c3ccc4c(c3)oc3c5ccccc5ccc43)c3cc4c5ccccc5oc4c4c3sc3ccccc34)cc2)cc1. The topological polar surface area (TPSA) is 29.5 Å². The highest BCUT2D eigenvalue weighted by molar-refractivity contribution is 7.26. The van der Waals surface area contributed by atoms with Crippen molar-refractivity contribution in [2.45, 2.75) is 0 Å². The second-order valence-corrected chi connectivity index (χ2v) is 13.9. The van der Waals surface area contributed by atoms with E-state index in [9.17, 15) is 0 Å². The molecule has 50 heavy (non-hydrogen) atoms. The van der Waals surface area contributed by atoms with Gasteiger partial charge < -0.3 is 13.7 Å². The Labute approximate surface area is 290 Å². The molecule has 3 nitrogen and oxygen atoms in total. The minimum absolute atomic E-state index is 0.863. The zero-order valence-corrected chi connectivity index (χ0v) is 27.6. The van der Waals surface area contributed by atoms with Crippen molar-refractivity contribution in [1.82, 2.24) is 0 Å². The van der Waals surface area contributed by atoms with Gasteiger partial charge in [-0.2, -0.15) is 0 Å². The smallest absolute Gasteiger partial charge is 0.144 e. The fraction of sp³-hybridized carbons (Fsp3) is 0. The van der Waals surface area contributed by atoms with Crippen LogP contribution in [0.1, 0.15) is 0 Å². The Kier molecular flexibility index (Phi) is 5.83. The average molecular weight is 658 g/mol. The highest BCUT2D eigenvalue weighted by Crippen LogP contribution is 2.50. The Morgan fingerprint density at radius 3 is 1.96 bits per heavy atom. The number of nitrogens with zero attached hydrogens (tertiary/aromatic N) is 1. The molecule has 0 radical (unpaired) electrons. The molecule has 8 aromatic carbocycles. The Balaban J connectivity index is 1.21. The van der Waals surface area contributed by atoms with E-state index in [0.29, 0.717) is 0 Å². The molecule has 0 bridgehead atoms. The van der Waals surface area contributed by atoms with Crippen LogP contribution in [0.5, 0.6) is 0 Å². The molecular formula is C46H27NO2S. The van der Waals surface area contributed by atoms with Gasteiger partial charge in [0.1, 0.15) is 22.3 Å². The molecular weight excluding hydrogens is 631 g/mol. The van der Waals surface area contributed by atoms with E-state index < -0.39 is 0 Å². The van der Waals surface area contributed by atoms with E-state index in [-0.39, 0.29) is 0 Å². The molecule has 0 saturated heterocycles. The van der Waals surface area contributed by atoms with Gasteiger partial charge >= 0.3 is 0 Å². The summed E-state index contributed by atoms with van der Waals surface area (Å²) in [5.41, 5.74) is 9.18. The molecule has 0 saturated carbocycles. The summed E-state index contributed by atoms with van der Waals surface area (Å²) >= 11 is 1.81. The summed E-state index contributed by atoms with van der Waals surface area (Å²) < 4.78 is 15.8. The van der Waals surface area contributed by atoms with E-state index in [1.807, 2.05) is 17.4 Å². The van der Waals surface area contributed by atoms with Crippen LogP contribution in [-0.2, 0) is 0 Å². The van der Waals surface area contributed by atoms with Gasteiger partial charge in [-0.05, 0) is 65.0 Å². The molecule has 11 rings (SSSR count). The summed E-state index contributed by atoms with van der Waals surface area (Å²) in [7, 11) is 0. The number of hydrogen-bond donors (Lipinski definition) is 0. The summed E-state index contributed by atoms with van der Waals surface area (Å²) in [6, 6.07) is 58.2. The van der Waals surface area contributed by atoms with Crippen LogP contribution >= 0.6 is 11.3 Å². The standard InChI is InChI=1S/C46H27NO2S/c1-2-10-28(11-3-1)29-18-21-31(22-19-29)47(32-23-25-35-36-24-20-30-12-4-5-13-33(30)44(36)49-41(35)26-32)39-27-38-34-14-6-8-16-40(34)48-45(38)43-37-15-7-9-17-42(37)50-46(39)43/h1-27H. The van der Waals surface area contributed by atoms with Crippen molar-refractivity contribution in [2.75, 3.05) is 4.90 Å². The van der Waals surface area contributed by atoms with E-state index in [2.05, 4.69) is 163 Å². The van der Waals surface area contributed by atoms with Gasteiger partial charge in [0.05, 0.1) is 10.4 Å². The second kappa shape index (κ2) is 10.6. The first-order valence-electron chi connectivity index (χ1n) is 16.8. The third-order valence-electron chi connectivity index (χ3n) is 10.0. The zero-order chi connectivity index (χ0) is 32.8. The maximum absolute atomic E-state index is 6.72. The third kappa shape index (κ3) is 4.03. The predicted molar refractivity (Wildman–Crippen MR) is 212 cm³/mol. The maximum Gasteiger partial charge on any atom is 0.144 e. The van der Waals surface area contributed by atoms with Crippen LogP contribution in [0.3, 0.4) is 0 Å². The summed E-state index contributed by atoms with van der Waals surface area (Å²) in [6.07, 6.45) is 0. The van der Waals surface area contributed by atoms with Gasteiger partial charge in [-0.1, -0.05) is 109 Å². The van der Waals surface area contributed by atoms with Crippen LogP contribution in [0.4, 0.5) is 17.1 Å². The number of furan rings is 2. The van der Waals surface area contributed by atoms with Gasteiger partial charge in [0.15, 0.2) is 0 Å². The van der Waals surface area contributed by atoms with Crippen molar-refractivity contribution < 1.29 is 8.83 Å². The molecule has 4 heteroatoms. The lowest BCUT2D eigenvalue weighted by molar-refractivity contribution is 0.672. The number of para-hydroxylation sites is 1. The van der Waals surface area contributed by atoms with Crippen LogP contribution in [0.15, 0.2) is 173 Å². The highest BCUT2D eigenvalue weighted by Gasteiger charge is 2.24. The first-order chi connectivity index (χ1) is 24.8. The van der Waals surface area contributed by atoms with Gasteiger partial charge in [0.25, 0.3) is 0 Å². The number of fused-ring (bicyclic) bond motifs is 12. The Morgan fingerprint density at radius 2 is 1.08 bits per heavy atom.